The van der Waals surface area contributed by atoms with Crippen LogP contribution in [0.3, 0.4) is 0 Å². The zero-order chi connectivity index (χ0) is 11.9. The van der Waals surface area contributed by atoms with Gasteiger partial charge in [0, 0.05) is 13.1 Å². The summed E-state index contributed by atoms with van der Waals surface area (Å²) < 4.78 is 0. The number of hydrogen-bond donors (Lipinski definition) is 1. The van der Waals surface area contributed by atoms with Crippen molar-refractivity contribution in [1.29, 1.82) is 0 Å². The lowest BCUT2D eigenvalue weighted by atomic mass is 9.82. The van der Waals surface area contributed by atoms with E-state index in [4.69, 9.17) is 0 Å². The van der Waals surface area contributed by atoms with Crippen LogP contribution in [0.2, 0.25) is 0 Å². The van der Waals surface area contributed by atoms with Crippen LogP contribution in [-0.4, -0.2) is 37.6 Å². The molecule has 0 saturated carbocycles. The van der Waals surface area contributed by atoms with Crippen LogP contribution in [-0.2, 0) is 0 Å². The zero-order valence-corrected chi connectivity index (χ0v) is 11.5. The molecular weight excluding hydrogens is 196 g/mol. The van der Waals surface area contributed by atoms with Crippen molar-refractivity contribution in [2.45, 2.75) is 52.9 Å². The Morgan fingerprint density at radius 1 is 1.06 bits per heavy atom. The second kappa shape index (κ2) is 7.29. The molecule has 1 aliphatic rings. The van der Waals surface area contributed by atoms with Crippen molar-refractivity contribution in [3.8, 4) is 0 Å². The quantitative estimate of drug-likeness (QED) is 0.684. The van der Waals surface area contributed by atoms with E-state index in [2.05, 4.69) is 31.0 Å². The van der Waals surface area contributed by atoms with Gasteiger partial charge in [0.25, 0.3) is 0 Å². The predicted octanol–water partition coefficient (Wildman–Crippen LogP) is 2.89. The molecule has 1 atom stereocenters. The maximum absolute atomic E-state index is 3.56. The molecule has 0 bridgehead atoms. The molecule has 1 aliphatic heterocycles. The molecule has 1 N–H and O–H groups in total. The van der Waals surface area contributed by atoms with Crippen molar-refractivity contribution in [2.75, 3.05) is 32.7 Å². The molecule has 1 heterocycles. The smallest absolute Gasteiger partial charge is 0.00506 e. The van der Waals surface area contributed by atoms with Gasteiger partial charge < -0.3 is 10.2 Å². The van der Waals surface area contributed by atoms with Crippen molar-refractivity contribution >= 4 is 0 Å². The largest absolute Gasteiger partial charge is 0.316 e. The molecule has 0 aromatic carbocycles. The lowest BCUT2D eigenvalue weighted by molar-refractivity contribution is 0.152. The fourth-order valence-electron chi connectivity index (χ4n) is 3.13. The van der Waals surface area contributed by atoms with Crippen molar-refractivity contribution in [3.63, 3.8) is 0 Å². The first-order valence-electron chi connectivity index (χ1n) is 7.19. The molecule has 1 fully saturated rings. The Labute approximate surface area is 102 Å². The number of nitrogens with one attached hydrogen (secondary N) is 1. The molecule has 0 radical (unpaired) electrons. The van der Waals surface area contributed by atoms with Crippen molar-refractivity contribution in [1.82, 2.24) is 10.2 Å². The highest BCUT2D eigenvalue weighted by Crippen LogP contribution is 2.32. The molecule has 0 aromatic heterocycles. The Balaban J connectivity index is 2.50. The molecule has 96 valence electrons. The lowest BCUT2D eigenvalue weighted by Gasteiger charge is -2.34. The highest BCUT2D eigenvalue weighted by molar-refractivity contribution is 4.90. The minimum absolute atomic E-state index is 0.582. The molecule has 1 rings (SSSR count). The minimum Gasteiger partial charge on any atom is -0.316 e. The van der Waals surface area contributed by atoms with Gasteiger partial charge in [-0.15, -0.1) is 0 Å². The normalized spacial score (nSPS) is 25.5. The van der Waals surface area contributed by atoms with Gasteiger partial charge in [0.15, 0.2) is 0 Å². The molecule has 0 aromatic rings. The van der Waals surface area contributed by atoms with Crippen LogP contribution in [0.4, 0.5) is 0 Å². The topological polar surface area (TPSA) is 15.3 Å². The standard InChI is InChI=1S/C14H30N2/c1-4-7-14(8-9-15-12-14)13-16(10-5-2)11-6-3/h15H,4-13H2,1-3H3. The summed E-state index contributed by atoms with van der Waals surface area (Å²) >= 11 is 0. The van der Waals surface area contributed by atoms with Crippen LogP contribution >= 0.6 is 0 Å². The second-order valence-corrected chi connectivity index (χ2v) is 5.45. The van der Waals surface area contributed by atoms with E-state index in [-0.39, 0.29) is 0 Å². The van der Waals surface area contributed by atoms with Crippen LogP contribution in [0.1, 0.15) is 52.9 Å². The third kappa shape index (κ3) is 4.06. The fourth-order valence-corrected chi connectivity index (χ4v) is 3.13. The summed E-state index contributed by atoms with van der Waals surface area (Å²) in [5.41, 5.74) is 0.582. The number of hydrogen-bond acceptors (Lipinski definition) is 2. The fraction of sp³-hybridized carbons (Fsp3) is 1.00. The Kier molecular flexibility index (Phi) is 6.37. The van der Waals surface area contributed by atoms with Crippen LogP contribution in [0, 0.1) is 5.41 Å². The van der Waals surface area contributed by atoms with Crippen LogP contribution in [0.25, 0.3) is 0 Å². The molecule has 16 heavy (non-hydrogen) atoms. The van der Waals surface area contributed by atoms with Crippen molar-refractivity contribution in [3.05, 3.63) is 0 Å². The van der Waals surface area contributed by atoms with Gasteiger partial charge in [-0.1, -0.05) is 27.2 Å². The molecule has 0 amide bonds. The summed E-state index contributed by atoms with van der Waals surface area (Å²) in [5, 5.41) is 3.56. The lowest BCUT2D eigenvalue weighted by Crippen LogP contribution is -2.40. The van der Waals surface area contributed by atoms with Gasteiger partial charge in [0.05, 0.1) is 0 Å². The monoisotopic (exact) mass is 226 g/mol. The SMILES string of the molecule is CCCN(CCC)CC1(CCC)CCNC1. The highest BCUT2D eigenvalue weighted by atomic mass is 15.1. The Hall–Kier alpha value is -0.0800. The summed E-state index contributed by atoms with van der Waals surface area (Å²) in [6.07, 6.45) is 6.67. The first-order chi connectivity index (χ1) is 7.76. The molecule has 1 unspecified atom stereocenters. The highest BCUT2D eigenvalue weighted by Gasteiger charge is 2.34. The van der Waals surface area contributed by atoms with Crippen LogP contribution < -0.4 is 5.32 Å². The molecule has 2 nitrogen and oxygen atoms in total. The summed E-state index contributed by atoms with van der Waals surface area (Å²) in [4.78, 5) is 2.68. The molecule has 0 aliphatic carbocycles. The van der Waals surface area contributed by atoms with E-state index in [0.717, 1.165) is 0 Å². The summed E-state index contributed by atoms with van der Waals surface area (Å²) in [7, 11) is 0. The van der Waals surface area contributed by atoms with Gasteiger partial charge in [0.2, 0.25) is 0 Å². The van der Waals surface area contributed by atoms with Gasteiger partial charge in [0.1, 0.15) is 0 Å². The molecular formula is C14H30N2. The number of nitrogens with zero attached hydrogens (tertiary/aromatic N) is 1. The van der Waals surface area contributed by atoms with E-state index in [9.17, 15) is 0 Å². The first kappa shape index (κ1) is 14.0. The Morgan fingerprint density at radius 2 is 1.75 bits per heavy atom. The van der Waals surface area contributed by atoms with Gasteiger partial charge in [-0.25, -0.2) is 0 Å². The second-order valence-electron chi connectivity index (χ2n) is 5.45. The zero-order valence-electron chi connectivity index (χ0n) is 11.5. The summed E-state index contributed by atoms with van der Waals surface area (Å²) in [5.74, 6) is 0. The Morgan fingerprint density at radius 3 is 2.19 bits per heavy atom. The van der Waals surface area contributed by atoms with Gasteiger partial charge in [-0.05, 0) is 50.7 Å². The van der Waals surface area contributed by atoms with E-state index in [1.165, 1.54) is 64.8 Å². The van der Waals surface area contributed by atoms with Gasteiger partial charge in [-0.2, -0.15) is 0 Å². The van der Waals surface area contributed by atoms with Crippen LogP contribution in [0.15, 0.2) is 0 Å². The van der Waals surface area contributed by atoms with Gasteiger partial charge >= 0.3 is 0 Å². The first-order valence-corrected chi connectivity index (χ1v) is 7.19. The average Bonchev–Trinajstić information content (AvgIpc) is 2.68. The third-order valence-electron chi connectivity index (χ3n) is 3.75. The van der Waals surface area contributed by atoms with E-state index < -0.39 is 0 Å². The maximum Gasteiger partial charge on any atom is 0.00506 e. The summed E-state index contributed by atoms with van der Waals surface area (Å²) in [6, 6.07) is 0. The van der Waals surface area contributed by atoms with E-state index >= 15 is 0 Å². The average molecular weight is 226 g/mol. The molecule has 0 spiro atoms. The van der Waals surface area contributed by atoms with Crippen LogP contribution in [0.5, 0.6) is 0 Å². The third-order valence-corrected chi connectivity index (χ3v) is 3.75. The maximum atomic E-state index is 3.56. The van der Waals surface area contributed by atoms with E-state index in [1.807, 2.05) is 0 Å². The Bertz CT molecular complexity index is 168. The van der Waals surface area contributed by atoms with E-state index in [0.29, 0.717) is 5.41 Å². The molecule has 2 heteroatoms. The number of rotatable bonds is 8. The summed E-state index contributed by atoms with van der Waals surface area (Å²) in [6.45, 7) is 13.2. The van der Waals surface area contributed by atoms with Crippen molar-refractivity contribution in [2.24, 2.45) is 5.41 Å². The molecule has 1 saturated heterocycles. The predicted molar refractivity (Wildman–Crippen MR) is 71.8 cm³/mol. The van der Waals surface area contributed by atoms with E-state index in [1.54, 1.807) is 0 Å². The van der Waals surface area contributed by atoms with Gasteiger partial charge in [-0.3, -0.25) is 0 Å². The van der Waals surface area contributed by atoms with Crippen molar-refractivity contribution < 1.29 is 0 Å². The minimum atomic E-state index is 0.582.